The summed E-state index contributed by atoms with van der Waals surface area (Å²) in [6, 6.07) is 0. The number of carbonyl (C=O) groups excluding carboxylic acids is 1. The quantitative estimate of drug-likeness (QED) is 0.800. The molecule has 1 amide bonds. The first-order valence-electron chi connectivity index (χ1n) is 7.29. The second kappa shape index (κ2) is 5.88. The summed E-state index contributed by atoms with van der Waals surface area (Å²) in [6.07, 6.45) is 0.769. The minimum atomic E-state index is 0.200. The van der Waals surface area contributed by atoms with Crippen LogP contribution in [-0.2, 0) is 17.8 Å². The van der Waals surface area contributed by atoms with Crippen LogP contribution in [0.5, 0.6) is 0 Å². The first-order chi connectivity index (χ1) is 9.76. The third kappa shape index (κ3) is 2.83. The predicted octanol–water partition coefficient (Wildman–Crippen LogP) is -0.504. The molecule has 0 spiro atoms. The molecule has 110 valence electrons. The van der Waals surface area contributed by atoms with Gasteiger partial charge in [-0.15, -0.1) is 0 Å². The molecule has 2 fully saturated rings. The third-order valence-corrected chi connectivity index (χ3v) is 3.99. The van der Waals surface area contributed by atoms with Crippen LogP contribution in [0.3, 0.4) is 0 Å². The molecule has 3 rings (SSSR count). The Kier molecular flexibility index (Phi) is 3.98. The van der Waals surface area contributed by atoms with Crippen molar-refractivity contribution in [1.29, 1.82) is 0 Å². The Labute approximate surface area is 118 Å². The molecule has 0 atom stereocenters. The molecule has 7 nitrogen and oxygen atoms in total. The molecule has 2 saturated heterocycles. The van der Waals surface area contributed by atoms with Gasteiger partial charge in [0.05, 0.1) is 12.5 Å². The van der Waals surface area contributed by atoms with Gasteiger partial charge >= 0.3 is 0 Å². The molecule has 7 heteroatoms. The molecule has 1 aromatic rings. The molecule has 0 saturated carbocycles. The van der Waals surface area contributed by atoms with Crippen LogP contribution in [0.4, 0.5) is 0 Å². The zero-order valence-corrected chi connectivity index (χ0v) is 11.8. The van der Waals surface area contributed by atoms with Crippen molar-refractivity contribution in [1.82, 2.24) is 25.3 Å². The van der Waals surface area contributed by atoms with Crippen LogP contribution in [0, 0.1) is 5.92 Å². The van der Waals surface area contributed by atoms with Crippen molar-refractivity contribution in [2.45, 2.75) is 19.9 Å². The van der Waals surface area contributed by atoms with Gasteiger partial charge in [-0.3, -0.25) is 9.69 Å². The smallest absolute Gasteiger partial charge is 0.228 e. The van der Waals surface area contributed by atoms with Gasteiger partial charge < -0.3 is 14.7 Å². The number of piperazine rings is 1. The van der Waals surface area contributed by atoms with Crippen molar-refractivity contribution < 1.29 is 9.32 Å². The van der Waals surface area contributed by atoms with Gasteiger partial charge in [0.25, 0.3) is 0 Å². The van der Waals surface area contributed by atoms with Gasteiger partial charge in [0.15, 0.2) is 5.82 Å². The highest BCUT2D eigenvalue weighted by atomic mass is 16.5. The Morgan fingerprint density at radius 1 is 1.35 bits per heavy atom. The maximum atomic E-state index is 12.1. The fourth-order valence-corrected chi connectivity index (χ4v) is 2.55. The Bertz CT molecular complexity index is 463. The lowest BCUT2D eigenvalue weighted by Crippen LogP contribution is -2.56. The van der Waals surface area contributed by atoms with Crippen LogP contribution in [0.1, 0.15) is 18.6 Å². The number of amides is 1. The van der Waals surface area contributed by atoms with E-state index >= 15 is 0 Å². The van der Waals surface area contributed by atoms with E-state index in [9.17, 15) is 4.79 Å². The number of rotatable bonds is 4. The van der Waals surface area contributed by atoms with Gasteiger partial charge in [-0.2, -0.15) is 4.98 Å². The number of hydrogen-bond acceptors (Lipinski definition) is 6. The molecule has 1 N–H and O–H groups in total. The SMILES string of the molecule is CCc1nc(CN2CCN(C(=O)C3CNC3)CC2)no1. The average molecular weight is 279 g/mol. The predicted molar refractivity (Wildman–Crippen MR) is 71.9 cm³/mol. The number of nitrogens with zero attached hydrogens (tertiary/aromatic N) is 4. The molecule has 0 aromatic carbocycles. The maximum Gasteiger partial charge on any atom is 0.228 e. The summed E-state index contributed by atoms with van der Waals surface area (Å²) in [6.45, 7) is 7.72. The summed E-state index contributed by atoms with van der Waals surface area (Å²) in [4.78, 5) is 20.7. The second-order valence-electron chi connectivity index (χ2n) is 5.41. The molecular formula is C13H21N5O2. The molecule has 0 radical (unpaired) electrons. The fraction of sp³-hybridized carbons (Fsp3) is 0.769. The van der Waals surface area contributed by atoms with Crippen molar-refractivity contribution in [3.63, 3.8) is 0 Å². The van der Waals surface area contributed by atoms with Crippen molar-refractivity contribution in [2.24, 2.45) is 5.92 Å². The molecule has 0 aliphatic carbocycles. The van der Waals surface area contributed by atoms with Crippen LogP contribution in [0.25, 0.3) is 0 Å². The van der Waals surface area contributed by atoms with Gasteiger partial charge in [0.2, 0.25) is 11.8 Å². The standard InChI is InChI=1S/C13H21N5O2/c1-2-12-15-11(16-20-12)9-17-3-5-18(6-4-17)13(19)10-7-14-8-10/h10,14H,2-9H2,1H3. The second-order valence-corrected chi connectivity index (χ2v) is 5.41. The first kappa shape index (κ1) is 13.5. The summed E-state index contributed by atoms with van der Waals surface area (Å²) in [5.41, 5.74) is 0. The number of hydrogen-bond donors (Lipinski definition) is 1. The number of nitrogens with one attached hydrogen (secondary N) is 1. The summed E-state index contributed by atoms with van der Waals surface area (Å²) < 4.78 is 5.11. The van der Waals surface area contributed by atoms with E-state index in [0.717, 1.165) is 51.5 Å². The Balaban J connectivity index is 1.47. The first-order valence-corrected chi connectivity index (χ1v) is 7.29. The zero-order chi connectivity index (χ0) is 13.9. The lowest BCUT2D eigenvalue weighted by atomic mass is 10.0. The molecule has 0 bridgehead atoms. The molecular weight excluding hydrogens is 258 g/mol. The fourth-order valence-electron chi connectivity index (χ4n) is 2.55. The van der Waals surface area contributed by atoms with Crippen LogP contribution >= 0.6 is 0 Å². The Morgan fingerprint density at radius 3 is 2.65 bits per heavy atom. The number of carbonyl (C=O) groups is 1. The summed E-state index contributed by atoms with van der Waals surface area (Å²) in [7, 11) is 0. The van der Waals surface area contributed by atoms with E-state index in [-0.39, 0.29) is 5.92 Å². The van der Waals surface area contributed by atoms with E-state index in [1.807, 2.05) is 11.8 Å². The average Bonchev–Trinajstić information content (AvgIpc) is 2.85. The molecule has 20 heavy (non-hydrogen) atoms. The maximum absolute atomic E-state index is 12.1. The van der Waals surface area contributed by atoms with Crippen LogP contribution < -0.4 is 5.32 Å². The summed E-state index contributed by atoms with van der Waals surface area (Å²) in [5.74, 6) is 1.93. The van der Waals surface area contributed by atoms with Crippen molar-refractivity contribution in [3.05, 3.63) is 11.7 Å². The normalized spacial score (nSPS) is 20.9. The van der Waals surface area contributed by atoms with Gasteiger partial charge in [-0.05, 0) is 0 Å². The highest BCUT2D eigenvalue weighted by Crippen LogP contribution is 2.12. The highest BCUT2D eigenvalue weighted by molar-refractivity contribution is 5.80. The van der Waals surface area contributed by atoms with Gasteiger partial charge in [0.1, 0.15) is 0 Å². The number of aromatic nitrogens is 2. The zero-order valence-electron chi connectivity index (χ0n) is 11.8. The van der Waals surface area contributed by atoms with Crippen molar-refractivity contribution in [3.8, 4) is 0 Å². The van der Waals surface area contributed by atoms with E-state index in [0.29, 0.717) is 18.3 Å². The summed E-state index contributed by atoms with van der Waals surface area (Å²) >= 11 is 0. The van der Waals surface area contributed by atoms with E-state index in [1.165, 1.54) is 0 Å². The molecule has 2 aliphatic rings. The highest BCUT2D eigenvalue weighted by Gasteiger charge is 2.31. The molecule has 3 heterocycles. The molecule has 0 unspecified atom stereocenters. The van der Waals surface area contributed by atoms with E-state index < -0.39 is 0 Å². The van der Waals surface area contributed by atoms with E-state index in [1.54, 1.807) is 0 Å². The largest absolute Gasteiger partial charge is 0.340 e. The topological polar surface area (TPSA) is 74.5 Å². The lowest BCUT2D eigenvalue weighted by molar-refractivity contribution is -0.138. The number of aryl methyl sites for hydroxylation is 1. The van der Waals surface area contributed by atoms with E-state index in [2.05, 4.69) is 20.4 Å². The lowest BCUT2D eigenvalue weighted by Gasteiger charge is -2.38. The Hall–Kier alpha value is -1.47. The monoisotopic (exact) mass is 279 g/mol. The van der Waals surface area contributed by atoms with Crippen LogP contribution in [0.2, 0.25) is 0 Å². The molecule has 1 aromatic heterocycles. The van der Waals surface area contributed by atoms with Crippen molar-refractivity contribution in [2.75, 3.05) is 39.3 Å². The Morgan fingerprint density at radius 2 is 2.10 bits per heavy atom. The van der Waals surface area contributed by atoms with Gasteiger partial charge in [-0.1, -0.05) is 12.1 Å². The third-order valence-electron chi connectivity index (χ3n) is 3.99. The molecule has 2 aliphatic heterocycles. The van der Waals surface area contributed by atoms with Gasteiger partial charge in [0, 0.05) is 45.7 Å². The van der Waals surface area contributed by atoms with Crippen LogP contribution in [-0.4, -0.2) is 65.1 Å². The van der Waals surface area contributed by atoms with Crippen molar-refractivity contribution >= 4 is 5.91 Å². The minimum absolute atomic E-state index is 0.200. The summed E-state index contributed by atoms with van der Waals surface area (Å²) in [5, 5.41) is 7.11. The van der Waals surface area contributed by atoms with E-state index in [4.69, 9.17) is 4.52 Å². The van der Waals surface area contributed by atoms with Gasteiger partial charge in [-0.25, -0.2) is 0 Å². The minimum Gasteiger partial charge on any atom is -0.340 e. The van der Waals surface area contributed by atoms with Crippen LogP contribution in [0.15, 0.2) is 4.52 Å².